The maximum atomic E-state index is 13.5. The fourth-order valence-electron chi connectivity index (χ4n) is 8.80. The van der Waals surface area contributed by atoms with E-state index in [1.54, 1.807) is 0 Å². The van der Waals surface area contributed by atoms with Gasteiger partial charge in [0.15, 0.2) is 0 Å². The second-order valence-corrected chi connectivity index (χ2v) is 13.0. The van der Waals surface area contributed by atoms with Crippen LogP contribution in [0.3, 0.4) is 0 Å². The number of aliphatic hydroxyl groups excluding tert-OH is 1. The molecule has 7 rings (SSSR count). The van der Waals surface area contributed by atoms with Gasteiger partial charge in [-0.1, -0.05) is 12.8 Å². The van der Waals surface area contributed by atoms with Crippen molar-refractivity contribution in [3.8, 4) is 0 Å². The minimum atomic E-state index is -0.299. The monoisotopic (exact) mass is 500 g/mol. The predicted octanol–water partition coefficient (Wildman–Crippen LogP) is 2.64. The number of piperidine rings is 2. The fourth-order valence-corrected chi connectivity index (χ4v) is 8.80. The first kappa shape index (κ1) is 24.5. The van der Waals surface area contributed by atoms with Crippen LogP contribution < -0.4 is 10.6 Å². The van der Waals surface area contributed by atoms with Crippen molar-refractivity contribution in [3.63, 3.8) is 0 Å². The maximum Gasteiger partial charge on any atom is 0.320 e. The van der Waals surface area contributed by atoms with Crippen molar-refractivity contribution >= 4 is 17.8 Å². The summed E-state index contributed by atoms with van der Waals surface area (Å²) in [5, 5.41) is 17.2. The summed E-state index contributed by atoms with van der Waals surface area (Å²) in [6.07, 6.45) is 12.4. The van der Waals surface area contributed by atoms with E-state index in [0.29, 0.717) is 25.6 Å². The molecule has 2 aliphatic heterocycles. The number of nitrogens with zero attached hydrogens (tertiary/aromatic N) is 2. The van der Waals surface area contributed by atoms with Crippen molar-refractivity contribution in [1.29, 1.82) is 0 Å². The smallest absolute Gasteiger partial charge is 0.320 e. The van der Waals surface area contributed by atoms with Crippen molar-refractivity contribution in [2.75, 3.05) is 26.2 Å². The van der Waals surface area contributed by atoms with E-state index in [9.17, 15) is 19.5 Å². The molecule has 2 heterocycles. The zero-order valence-electron chi connectivity index (χ0n) is 21.6. The summed E-state index contributed by atoms with van der Waals surface area (Å²) >= 11 is 0. The highest BCUT2D eigenvalue weighted by atomic mass is 16.3. The third kappa shape index (κ3) is 4.63. The molecule has 7 fully saturated rings. The molecule has 8 nitrogen and oxygen atoms in total. The molecule has 0 spiro atoms. The summed E-state index contributed by atoms with van der Waals surface area (Å²) in [4.78, 5) is 43.2. The van der Waals surface area contributed by atoms with Gasteiger partial charge in [0.1, 0.15) is 0 Å². The van der Waals surface area contributed by atoms with Crippen LogP contribution in [0, 0.1) is 29.1 Å². The normalized spacial score (nSPS) is 38.9. The summed E-state index contributed by atoms with van der Waals surface area (Å²) in [6, 6.07) is 0.262. The Morgan fingerprint density at radius 3 is 2.14 bits per heavy atom. The number of carbonyl (C=O) groups excluding carboxylic acids is 3. The molecule has 5 saturated carbocycles. The summed E-state index contributed by atoms with van der Waals surface area (Å²) in [5.41, 5.74) is -0.299. The van der Waals surface area contributed by atoms with Crippen LogP contribution in [-0.2, 0) is 9.59 Å². The lowest BCUT2D eigenvalue weighted by Crippen LogP contribution is -2.61. The van der Waals surface area contributed by atoms with Gasteiger partial charge in [-0.15, -0.1) is 0 Å². The molecule has 200 valence electrons. The Balaban J connectivity index is 0.988. The lowest BCUT2D eigenvalue weighted by atomic mass is 9.48. The van der Waals surface area contributed by atoms with Gasteiger partial charge < -0.3 is 25.5 Å². The highest BCUT2D eigenvalue weighted by molar-refractivity contribution is 5.84. The maximum absolute atomic E-state index is 13.5. The van der Waals surface area contributed by atoms with Gasteiger partial charge in [0.2, 0.25) is 11.8 Å². The summed E-state index contributed by atoms with van der Waals surface area (Å²) in [6.45, 7) is 2.68. The molecule has 0 aromatic carbocycles. The first-order valence-corrected chi connectivity index (χ1v) is 14.7. The van der Waals surface area contributed by atoms with E-state index < -0.39 is 0 Å². The average molecular weight is 501 g/mol. The molecule has 2 saturated heterocycles. The molecule has 36 heavy (non-hydrogen) atoms. The van der Waals surface area contributed by atoms with Crippen molar-refractivity contribution in [3.05, 3.63) is 0 Å². The zero-order chi connectivity index (χ0) is 24.9. The lowest BCUT2D eigenvalue weighted by molar-refractivity contribution is -0.164. The Labute approximate surface area is 214 Å². The molecule has 0 aromatic heterocycles. The number of rotatable bonds is 4. The van der Waals surface area contributed by atoms with Crippen LogP contribution in [0.2, 0.25) is 0 Å². The molecule has 7 aliphatic rings. The van der Waals surface area contributed by atoms with Crippen LogP contribution in [0.5, 0.6) is 0 Å². The van der Waals surface area contributed by atoms with Crippen molar-refractivity contribution in [2.24, 2.45) is 29.1 Å². The van der Waals surface area contributed by atoms with Crippen LogP contribution in [0.15, 0.2) is 0 Å². The Morgan fingerprint density at radius 2 is 1.44 bits per heavy atom. The number of urea groups is 1. The molecule has 4 bridgehead atoms. The van der Waals surface area contributed by atoms with Gasteiger partial charge in [-0.2, -0.15) is 0 Å². The van der Waals surface area contributed by atoms with Gasteiger partial charge in [0.05, 0.1) is 11.5 Å². The molecule has 0 radical (unpaired) electrons. The summed E-state index contributed by atoms with van der Waals surface area (Å²) in [7, 11) is 0. The molecule has 3 atom stereocenters. The molecule has 5 aliphatic carbocycles. The van der Waals surface area contributed by atoms with E-state index >= 15 is 0 Å². The molecule has 8 heteroatoms. The number of amides is 4. The Hall–Kier alpha value is -1.83. The van der Waals surface area contributed by atoms with E-state index in [-0.39, 0.29) is 59.2 Å². The van der Waals surface area contributed by atoms with Crippen LogP contribution in [0.25, 0.3) is 0 Å². The average Bonchev–Trinajstić information content (AvgIpc) is 3.42. The topological polar surface area (TPSA) is 102 Å². The predicted molar refractivity (Wildman–Crippen MR) is 135 cm³/mol. The molecule has 2 unspecified atom stereocenters. The Bertz CT molecular complexity index is 850. The van der Waals surface area contributed by atoms with Gasteiger partial charge in [-0.3, -0.25) is 9.59 Å². The van der Waals surface area contributed by atoms with E-state index in [1.165, 1.54) is 0 Å². The number of hydrogen-bond acceptors (Lipinski definition) is 4. The zero-order valence-corrected chi connectivity index (χ0v) is 21.6. The van der Waals surface area contributed by atoms with Crippen LogP contribution in [-0.4, -0.2) is 77.1 Å². The highest BCUT2D eigenvalue weighted by Gasteiger charge is 2.58. The van der Waals surface area contributed by atoms with Gasteiger partial charge in [0.25, 0.3) is 0 Å². The SMILES string of the molecule is O=C(NC1CCN(C(=O)N2CCC[C@H](NC(=O)C34CC5CC(C3)C(O)C(C5)C4)C2)CC1)C1CCCC1. The van der Waals surface area contributed by atoms with Crippen molar-refractivity contribution < 1.29 is 19.5 Å². The van der Waals surface area contributed by atoms with Crippen LogP contribution in [0.4, 0.5) is 4.79 Å². The molecule has 3 N–H and O–H groups in total. The highest BCUT2D eigenvalue weighted by Crippen LogP contribution is 2.60. The first-order chi connectivity index (χ1) is 17.4. The van der Waals surface area contributed by atoms with E-state index in [2.05, 4.69) is 10.6 Å². The van der Waals surface area contributed by atoms with E-state index in [1.807, 2.05) is 9.80 Å². The number of hydrogen-bond donors (Lipinski definition) is 3. The third-order valence-corrected chi connectivity index (χ3v) is 10.6. The number of aliphatic hydroxyl groups is 1. The van der Waals surface area contributed by atoms with E-state index in [0.717, 1.165) is 90.0 Å². The van der Waals surface area contributed by atoms with Gasteiger partial charge in [-0.05, 0) is 88.4 Å². The number of nitrogens with one attached hydrogen (secondary N) is 2. The van der Waals surface area contributed by atoms with Crippen molar-refractivity contribution in [1.82, 2.24) is 20.4 Å². The molecule has 0 aromatic rings. The van der Waals surface area contributed by atoms with Gasteiger partial charge in [0, 0.05) is 44.2 Å². The molecule has 4 amide bonds. The fraction of sp³-hybridized carbons (Fsp3) is 0.893. The van der Waals surface area contributed by atoms with Crippen molar-refractivity contribution in [2.45, 2.75) is 102 Å². The second kappa shape index (κ2) is 9.80. The van der Waals surface area contributed by atoms with Gasteiger partial charge >= 0.3 is 6.03 Å². The lowest BCUT2D eigenvalue weighted by Gasteiger charge is -2.58. The molecular weight excluding hydrogens is 456 g/mol. The van der Waals surface area contributed by atoms with Crippen LogP contribution >= 0.6 is 0 Å². The Morgan fingerprint density at radius 1 is 0.750 bits per heavy atom. The Kier molecular flexibility index (Phi) is 6.67. The standard InChI is InChI=1S/C28H44N4O4/c33-24-20-12-18-13-21(24)16-28(14-18,15-20)26(35)30-23-6-3-9-32(17-23)27(36)31-10-7-22(8-11-31)29-25(34)19-4-1-2-5-19/h18-24,33H,1-17H2,(H,29,34)(H,30,35)/t18?,20?,21?,23-,24?,28?/m0/s1. The molecular formula is C28H44N4O4. The third-order valence-electron chi connectivity index (χ3n) is 10.6. The van der Waals surface area contributed by atoms with Crippen LogP contribution in [0.1, 0.15) is 83.5 Å². The summed E-state index contributed by atoms with van der Waals surface area (Å²) < 4.78 is 0. The second-order valence-electron chi connectivity index (χ2n) is 13.0. The minimum Gasteiger partial charge on any atom is -0.393 e. The largest absolute Gasteiger partial charge is 0.393 e. The van der Waals surface area contributed by atoms with E-state index in [4.69, 9.17) is 0 Å². The van der Waals surface area contributed by atoms with Gasteiger partial charge in [-0.25, -0.2) is 4.79 Å². The number of carbonyl (C=O) groups is 3. The number of likely N-dealkylation sites (tertiary alicyclic amines) is 2. The first-order valence-electron chi connectivity index (χ1n) is 14.7. The quantitative estimate of drug-likeness (QED) is 0.552. The summed E-state index contributed by atoms with van der Waals surface area (Å²) in [5.74, 6) is 1.74. The minimum absolute atomic E-state index is 0.0105.